The van der Waals surface area contributed by atoms with E-state index in [1.807, 2.05) is 49.4 Å². The fourth-order valence-electron chi connectivity index (χ4n) is 12.2. The van der Waals surface area contributed by atoms with Gasteiger partial charge in [-0.25, -0.2) is 4.79 Å². The van der Waals surface area contributed by atoms with Gasteiger partial charge in [-0.05, 0) is 122 Å². The Bertz CT molecular complexity index is 2360. The van der Waals surface area contributed by atoms with Gasteiger partial charge in [0.05, 0.1) is 23.1 Å². The molecule has 0 saturated heterocycles. The molecule has 6 aliphatic carbocycles. The van der Waals surface area contributed by atoms with Crippen molar-refractivity contribution in [3.63, 3.8) is 0 Å². The van der Waals surface area contributed by atoms with Crippen molar-refractivity contribution in [1.82, 2.24) is 4.90 Å². The molecule has 1 heterocycles. The van der Waals surface area contributed by atoms with Crippen LogP contribution in [-0.4, -0.2) is 51.6 Å². The molecule has 2 spiro atoms. The fourth-order valence-corrected chi connectivity index (χ4v) is 13.0. The third-order valence-electron chi connectivity index (χ3n) is 15.1. The Labute approximate surface area is 340 Å². The SMILES string of the molecule is Cc1ccc(C(=O)C2=C[C@@]34C=C[C@@]25[C@@H]2CC[C@@](O)(CN(Cc6ccc(OC(F)(F)F)cc6)C(=O)Oc6ccc7ccccc7c6)[C@@]2(C)CC[C@@H]5[C@@]3(C)CCC(O)C4)s1. The maximum Gasteiger partial charge on any atom is 0.573 e. The summed E-state index contributed by atoms with van der Waals surface area (Å²) in [7, 11) is 0. The van der Waals surface area contributed by atoms with Crippen LogP contribution < -0.4 is 9.47 Å². The van der Waals surface area contributed by atoms with Gasteiger partial charge in [-0.1, -0.05) is 74.5 Å². The number of nitrogens with zero attached hydrogens (tertiary/aromatic N) is 1. The Morgan fingerprint density at radius 2 is 1.55 bits per heavy atom. The number of amides is 1. The van der Waals surface area contributed by atoms with Crippen LogP contribution in [0.1, 0.15) is 78.9 Å². The van der Waals surface area contributed by atoms with Crippen LogP contribution in [0.2, 0.25) is 0 Å². The molecule has 11 heteroatoms. The first kappa shape index (κ1) is 39.0. The first-order valence-electron chi connectivity index (χ1n) is 20.2. The van der Waals surface area contributed by atoms with Crippen LogP contribution in [-0.2, 0) is 6.54 Å². The quantitative estimate of drug-likeness (QED) is 0.136. The van der Waals surface area contributed by atoms with Gasteiger partial charge in [0.25, 0.3) is 0 Å². The lowest BCUT2D eigenvalue weighted by Crippen LogP contribution is -2.67. The third-order valence-corrected chi connectivity index (χ3v) is 16.1. The number of carbonyl (C=O) groups excluding carboxylic acids is 2. The number of halogens is 3. The zero-order chi connectivity index (χ0) is 40.9. The van der Waals surface area contributed by atoms with Gasteiger partial charge in [-0.3, -0.25) is 4.79 Å². The second-order valence-corrected chi connectivity index (χ2v) is 19.3. The summed E-state index contributed by atoms with van der Waals surface area (Å²) in [4.78, 5) is 32.3. The number of ether oxygens (including phenoxy) is 2. The molecule has 2 bridgehead atoms. The number of Topliss-reactive ketones (excluding diaryl/α,β-unsaturated/α-hetero) is 1. The Morgan fingerprint density at radius 1 is 0.862 bits per heavy atom. The molecule has 58 heavy (non-hydrogen) atoms. The van der Waals surface area contributed by atoms with E-state index in [-0.39, 0.29) is 41.9 Å². The van der Waals surface area contributed by atoms with Gasteiger partial charge in [0.2, 0.25) is 0 Å². The zero-order valence-electron chi connectivity index (χ0n) is 32.9. The van der Waals surface area contributed by atoms with Crippen LogP contribution in [0.3, 0.4) is 0 Å². The molecule has 3 aromatic carbocycles. The second kappa shape index (κ2) is 13.5. The standard InChI is InChI=1S/C47H48F3NO6S/c1-29-8-15-37(58-29)40(53)36-26-44-22-23-46(36)38(42(44,2)19-16-33(52)25-44)17-20-43(3)39(46)18-21-45(43,55)28-51(27-30-9-12-34(13-10-30)57-47(48,49)50)41(54)56-35-14-11-31-6-4-5-7-32(31)24-35/h4-15,22-24,26,33,38-39,52,55H,16-21,25,27-28H2,1-3H3/t33?,38-,39-,42-,43+,44+,45-,46-/m1/s1. The number of hydrogen-bond donors (Lipinski definition) is 2. The largest absolute Gasteiger partial charge is 0.573 e. The molecule has 10 rings (SSSR count). The van der Waals surface area contributed by atoms with E-state index in [4.69, 9.17) is 4.74 Å². The van der Waals surface area contributed by atoms with Gasteiger partial charge in [0, 0.05) is 33.2 Å². The Hall–Kier alpha value is -4.45. The molecule has 0 radical (unpaired) electrons. The minimum Gasteiger partial charge on any atom is -0.410 e. The van der Waals surface area contributed by atoms with Crippen molar-refractivity contribution in [2.45, 2.75) is 90.3 Å². The van der Waals surface area contributed by atoms with Crippen molar-refractivity contribution >= 4 is 34.0 Å². The molecule has 0 aliphatic heterocycles. The molecule has 1 aromatic heterocycles. The maximum absolute atomic E-state index is 14.8. The number of hydrogen-bond acceptors (Lipinski definition) is 7. The molecule has 304 valence electrons. The monoisotopic (exact) mass is 811 g/mol. The van der Waals surface area contributed by atoms with E-state index < -0.39 is 40.4 Å². The number of benzene rings is 3. The highest BCUT2D eigenvalue weighted by molar-refractivity contribution is 7.14. The summed E-state index contributed by atoms with van der Waals surface area (Å²) < 4.78 is 49.0. The van der Waals surface area contributed by atoms with Crippen molar-refractivity contribution in [2.24, 2.45) is 33.5 Å². The highest BCUT2D eigenvalue weighted by Gasteiger charge is 2.74. The van der Waals surface area contributed by atoms with Gasteiger partial charge in [0.1, 0.15) is 11.5 Å². The van der Waals surface area contributed by atoms with Crippen LogP contribution in [0.4, 0.5) is 18.0 Å². The summed E-state index contributed by atoms with van der Waals surface area (Å²) in [5.41, 5.74) is -2.18. The summed E-state index contributed by atoms with van der Waals surface area (Å²) in [6, 6.07) is 22.3. The van der Waals surface area contributed by atoms with E-state index in [1.165, 1.54) is 40.5 Å². The van der Waals surface area contributed by atoms with Crippen LogP contribution in [0.15, 0.2) is 103 Å². The number of aliphatic hydroxyl groups is 2. The lowest BCUT2D eigenvalue weighted by molar-refractivity contribution is -0.274. The maximum atomic E-state index is 14.8. The number of alkyl halides is 3. The number of allylic oxidation sites excluding steroid dienone is 4. The number of carbonyl (C=O) groups is 2. The van der Waals surface area contributed by atoms with Crippen LogP contribution in [0, 0.1) is 40.4 Å². The molecule has 6 aliphatic rings. The Balaban J connectivity index is 1.08. The first-order valence-corrected chi connectivity index (χ1v) is 21.0. The number of rotatable bonds is 8. The predicted octanol–water partition coefficient (Wildman–Crippen LogP) is 10.6. The number of ketones is 1. The summed E-state index contributed by atoms with van der Waals surface area (Å²) >= 11 is 1.49. The number of aryl methyl sites for hydroxylation is 1. The Morgan fingerprint density at radius 3 is 2.28 bits per heavy atom. The van der Waals surface area contributed by atoms with Crippen LogP contribution >= 0.6 is 11.3 Å². The number of aliphatic hydroxyl groups excluding tert-OH is 1. The normalized spacial score (nSPS) is 33.5. The molecule has 8 atom stereocenters. The third kappa shape index (κ3) is 6.05. The van der Waals surface area contributed by atoms with E-state index in [2.05, 4.69) is 36.8 Å². The van der Waals surface area contributed by atoms with E-state index in [0.717, 1.165) is 34.1 Å². The van der Waals surface area contributed by atoms with Crippen LogP contribution in [0.25, 0.3) is 10.8 Å². The molecule has 1 unspecified atom stereocenters. The lowest BCUT2D eigenvalue weighted by atomic mass is 9.32. The average Bonchev–Trinajstić information content (AvgIpc) is 3.74. The minimum atomic E-state index is -4.85. The molecule has 4 aromatic rings. The molecule has 3 saturated carbocycles. The summed E-state index contributed by atoms with van der Waals surface area (Å²) in [5, 5.41) is 26.1. The molecule has 1 amide bonds. The van der Waals surface area contributed by atoms with Gasteiger partial charge < -0.3 is 24.6 Å². The fraction of sp³-hybridized carbons (Fsp3) is 0.447. The summed E-state index contributed by atoms with van der Waals surface area (Å²) in [5.74, 6) is -0.0842. The summed E-state index contributed by atoms with van der Waals surface area (Å²) in [6.45, 7) is 6.31. The van der Waals surface area contributed by atoms with Gasteiger partial charge in [-0.2, -0.15) is 0 Å². The molecular weight excluding hydrogens is 764 g/mol. The Kier molecular flexibility index (Phi) is 9.11. The van der Waals surface area contributed by atoms with E-state index >= 15 is 0 Å². The van der Waals surface area contributed by atoms with Crippen molar-refractivity contribution in [2.75, 3.05) is 6.54 Å². The second-order valence-electron chi connectivity index (χ2n) is 18.0. The number of thiophene rings is 1. The van der Waals surface area contributed by atoms with E-state index in [9.17, 15) is 33.0 Å². The first-order chi connectivity index (χ1) is 27.5. The van der Waals surface area contributed by atoms with Crippen molar-refractivity contribution in [3.05, 3.63) is 118 Å². The molecule has 2 N–H and O–H groups in total. The smallest absolute Gasteiger partial charge is 0.410 e. The van der Waals surface area contributed by atoms with Gasteiger partial charge in [0.15, 0.2) is 5.78 Å². The van der Waals surface area contributed by atoms with Crippen molar-refractivity contribution in [3.8, 4) is 11.5 Å². The van der Waals surface area contributed by atoms with Crippen LogP contribution in [0.5, 0.6) is 11.5 Å². The highest BCUT2D eigenvalue weighted by atomic mass is 32.1. The minimum absolute atomic E-state index is 0.00664. The highest BCUT2D eigenvalue weighted by Crippen LogP contribution is 2.78. The van der Waals surface area contributed by atoms with Crippen molar-refractivity contribution in [1.29, 1.82) is 0 Å². The molecule has 3 fully saturated rings. The van der Waals surface area contributed by atoms with Gasteiger partial charge >= 0.3 is 12.5 Å². The zero-order valence-corrected chi connectivity index (χ0v) is 33.7. The predicted molar refractivity (Wildman–Crippen MR) is 215 cm³/mol. The average molecular weight is 812 g/mol. The molecule has 7 nitrogen and oxygen atoms in total. The topological polar surface area (TPSA) is 96.3 Å². The lowest BCUT2D eigenvalue weighted by Gasteiger charge is -2.71. The van der Waals surface area contributed by atoms with Crippen molar-refractivity contribution < 1.29 is 42.4 Å². The summed E-state index contributed by atoms with van der Waals surface area (Å²) in [6.07, 6.45) is 5.23. The number of fused-ring (bicyclic) bond motifs is 2. The molecular formula is C47H48F3NO6S. The van der Waals surface area contributed by atoms with Gasteiger partial charge in [-0.15, -0.1) is 24.5 Å². The van der Waals surface area contributed by atoms with E-state index in [0.29, 0.717) is 48.3 Å². The van der Waals surface area contributed by atoms with E-state index in [1.54, 1.807) is 12.1 Å².